The van der Waals surface area contributed by atoms with Gasteiger partial charge in [0.2, 0.25) is 5.91 Å². The van der Waals surface area contributed by atoms with Crippen molar-refractivity contribution in [2.24, 2.45) is 0 Å². The number of amides is 1. The van der Waals surface area contributed by atoms with Gasteiger partial charge in [0.25, 0.3) is 0 Å². The fourth-order valence-electron chi connectivity index (χ4n) is 2.97. The first-order valence-electron chi connectivity index (χ1n) is 6.92. The Kier molecular flexibility index (Phi) is 4.13. The highest BCUT2D eigenvalue weighted by Crippen LogP contribution is 2.41. The Bertz CT molecular complexity index is 679. The third-order valence-corrected chi connectivity index (χ3v) is 5.22. The summed E-state index contributed by atoms with van der Waals surface area (Å²) in [6.45, 7) is 3.52. The Morgan fingerprint density at radius 1 is 1.33 bits per heavy atom. The number of nitrogens with one attached hydrogen (secondary N) is 1. The fraction of sp³-hybridized carbons (Fsp3) is 0.235. The van der Waals surface area contributed by atoms with E-state index in [9.17, 15) is 4.79 Å². The molecule has 0 aliphatic heterocycles. The predicted molar refractivity (Wildman–Crippen MR) is 88.1 cm³/mol. The number of hydrogen-bond acceptors (Lipinski definition) is 2. The van der Waals surface area contributed by atoms with E-state index in [-0.39, 0.29) is 17.9 Å². The summed E-state index contributed by atoms with van der Waals surface area (Å²) in [6.07, 6.45) is 3.08. The van der Waals surface area contributed by atoms with Crippen LogP contribution in [0.3, 0.4) is 0 Å². The van der Waals surface area contributed by atoms with Crippen LogP contribution in [0.4, 0.5) is 0 Å². The zero-order valence-corrected chi connectivity index (χ0v) is 13.1. The molecule has 0 bridgehead atoms. The van der Waals surface area contributed by atoms with Crippen LogP contribution in [-0.2, 0) is 11.2 Å². The van der Waals surface area contributed by atoms with Crippen LogP contribution in [0.1, 0.15) is 28.3 Å². The molecule has 0 fully saturated rings. The van der Waals surface area contributed by atoms with Gasteiger partial charge in [-0.25, -0.2) is 0 Å². The van der Waals surface area contributed by atoms with E-state index in [1.54, 1.807) is 11.3 Å². The molecule has 1 heterocycles. The second-order valence-corrected chi connectivity index (χ2v) is 6.63. The molecular weight excluding hydrogens is 302 g/mol. The molecule has 1 N–H and O–H groups in total. The molecule has 0 saturated carbocycles. The predicted octanol–water partition coefficient (Wildman–Crippen LogP) is 4.15. The summed E-state index contributed by atoms with van der Waals surface area (Å²) in [7, 11) is 0. The molecule has 2 aromatic rings. The van der Waals surface area contributed by atoms with E-state index in [4.69, 9.17) is 11.6 Å². The van der Waals surface area contributed by atoms with Gasteiger partial charge in [-0.2, -0.15) is 0 Å². The minimum absolute atomic E-state index is 0.113. The maximum absolute atomic E-state index is 11.6. The zero-order valence-electron chi connectivity index (χ0n) is 11.5. The zero-order chi connectivity index (χ0) is 14.8. The highest BCUT2D eigenvalue weighted by molar-refractivity contribution is 7.10. The molecule has 0 unspecified atom stereocenters. The van der Waals surface area contributed by atoms with Crippen molar-refractivity contribution >= 4 is 28.8 Å². The number of carbonyl (C=O) groups is 1. The van der Waals surface area contributed by atoms with E-state index in [0.29, 0.717) is 0 Å². The van der Waals surface area contributed by atoms with Crippen molar-refractivity contribution in [1.82, 2.24) is 5.32 Å². The lowest BCUT2D eigenvalue weighted by Gasteiger charge is -2.30. The topological polar surface area (TPSA) is 29.1 Å². The van der Waals surface area contributed by atoms with Gasteiger partial charge in [0.15, 0.2) is 0 Å². The Morgan fingerprint density at radius 2 is 2.14 bits per heavy atom. The second kappa shape index (κ2) is 6.04. The summed E-state index contributed by atoms with van der Waals surface area (Å²) in [5.41, 5.74) is 2.48. The molecule has 21 heavy (non-hydrogen) atoms. The Labute approximate surface area is 133 Å². The first-order chi connectivity index (χ1) is 10.2. The van der Waals surface area contributed by atoms with Gasteiger partial charge in [-0.1, -0.05) is 36.4 Å². The lowest BCUT2D eigenvalue weighted by molar-refractivity contribution is -0.117. The molecule has 3 rings (SSSR count). The summed E-state index contributed by atoms with van der Waals surface area (Å²) in [5, 5.41) is 5.93. The van der Waals surface area contributed by atoms with E-state index < -0.39 is 0 Å². The first-order valence-corrected chi connectivity index (χ1v) is 8.18. The number of halogens is 1. The number of rotatable bonds is 3. The van der Waals surface area contributed by atoms with Crippen molar-refractivity contribution in [1.29, 1.82) is 0 Å². The number of benzene rings is 1. The SMILES string of the molecule is C=CC(=O)N[C@H]1Cc2sccc2[C@H](c2ccccc2Cl)C1. The smallest absolute Gasteiger partial charge is 0.243 e. The van der Waals surface area contributed by atoms with Gasteiger partial charge in [-0.05, 0) is 41.1 Å². The average molecular weight is 318 g/mol. The quantitative estimate of drug-likeness (QED) is 0.847. The van der Waals surface area contributed by atoms with Gasteiger partial charge >= 0.3 is 0 Å². The molecule has 108 valence electrons. The molecular formula is C17H16ClNOS. The molecule has 1 aliphatic carbocycles. The van der Waals surface area contributed by atoms with Gasteiger partial charge < -0.3 is 5.32 Å². The summed E-state index contributed by atoms with van der Waals surface area (Å²) in [6, 6.07) is 10.3. The minimum atomic E-state index is -0.113. The van der Waals surface area contributed by atoms with E-state index in [0.717, 1.165) is 23.4 Å². The third kappa shape index (κ3) is 2.89. The van der Waals surface area contributed by atoms with Crippen LogP contribution in [0.2, 0.25) is 5.02 Å². The normalized spacial score (nSPS) is 20.6. The second-order valence-electron chi connectivity index (χ2n) is 5.22. The largest absolute Gasteiger partial charge is 0.349 e. The molecule has 1 amide bonds. The fourth-order valence-corrected chi connectivity index (χ4v) is 4.26. The summed E-state index contributed by atoms with van der Waals surface area (Å²) >= 11 is 8.12. The minimum Gasteiger partial charge on any atom is -0.349 e. The number of fused-ring (bicyclic) bond motifs is 1. The third-order valence-electron chi connectivity index (χ3n) is 3.92. The van der Waals surface area contributed by atoms with Crippen LogP contribution in [-0.4, -0.2) is 11.9 Å². The van der Waals surface area contributed by atoms with Crippen LogP contribution < -0.4 is 5.32 Å². The highest BCUT2D eigenvalue weighted by Gasteiger charge is 2.30. The van der Waals surface area contributed by atoms with Crippen molar-refractivity contribution in [2.45, 2.75) is 24.8 Å². The summed E-state index contributed by atoms with van der Waals surface area (Å²) in [5.74, 6) is 0.127. The van der Waals surface area contributed by atoms with Crippen molar-refractivity contribution in [3.8, 4) is 0 Å². The van der Waals surface area contributed by atoms with E-state index in [1.807, 2.05) is 18.2 Å². The van der Waals surface area contributed by atoms with Crippen LogP contribution >= 0.6 is 22.9 Å². The van der Waals surface area contributed by atoms with Gasteiger partial charge in [0, 0.05) is 28.3 Å². The lowest BCUT2D eigenvalue weighted by atomic mass is 9.80. The molecule has 4 heteroatoms. The van der Waals surface area contributed by atoms with Crippen LogP contribution in [0.25, 0.3) is 0 Å². The van der Waals surface area contributed by atoms with Crippen molar-refractivity contribution in [2.75, 3.05) is 0 Å². The van der Waals surface area contributed by atoms with Crippen molar-refractivity contribution < 1.29 is 4.79 Å². The molecule has 2 nitrogen and oxygen atoms in total. The number of carbonyl (C=O) groups excluding carboxylic acids is 1. The molecule has 1 aliphatic rings. The Morgan fingerprint density at radius 3 is 2.90 bits per heavy atom. The van der Waals surface area contributed by atoms with Crippen molar-refractivity contribution in [3.63, 3.8) is 0 Å². The summed E-state index contributed by atoms with van der Waals surface area (Å²) < 4.78 is 0. The maximum Gasteiger partial charge on any atom is 0.243 e. The van der Waals surface area contributed by atoms with Gasteiger partial charge in [0.1, 0.15) is 0 Å². The number of hydrogen-bond donors (Lipinski definition) is 1. The highest BCUT2D eigenvalue weighted by atomic mass is 35.5. The maximum atomic E-state index is 11.6. The Hall–Kier alpha value is -1.58. The molecule has 1 aromatic carbocycles. The van der Waals surface area contributed by atoms with Gasteiger partial charge in [-0.15, -0.1) is 11.3 Å². The van der Waals surface area contributed by atoms with Gasteiger partial charge in [-0.3, -0.25) is 4.79 Å². The summed E-state index contributed by atoms with van der Waals surface area (Å²) in [4.78, 5) is 12.9. The van der Waals surface area contributed by atoms with E-state index in [1.165, 1.54) is 16.5 Å². The van der Waals surface area contributed by atoms with E-state index in [2.05, 4.69) is 29.4 Å². The van der Waals surface area contributed by atoms with Gasteiger partial charge in [0.05, 0.1) is 0 Å². The van der Waals surface area contributed by atoms with Crippen LogP contribution in [0, 0.1) is 0 Å². The first kappa shape index (κ1) is 14.4. The standard InChI is InChI=1S/C17H16ClNOS/c1-2-17(20)19-11-9-14(12-5-3-4-6-15(12)18)13-7-8-21-16(13)10-11/h2-8,11,14H,1,9-10H2,(H,19,20)/t11-,14+/m1/s1. The number of thiophene rings is 1. The molecule has 0 spiro atoms. The molecule has 0 saturated heterocycles. The Balaban J connectivity index is 1.95. The van der Waals surface area contributed by atoms with Crippen molar-refractivity contribution in [3.05, 3.63) is 69.4 Å². The molecule has 1 aromatic heterocycles. The average Bonchev–Trinajstić information content (AvgIpc) is 2.95. The molecule has 0 radical (unpaired) electrons. The molecule has 2 atom stereocenters. The van der Waals surface area contributed by atoms with Crippen LogP contribution in [0.15, 0.2) is 48.4 Å². The van der Waals surface area contributed by atoms with Crippen LogP contribution in [0.5, 0.6) is 0 Å². The monoisotopic (exact) mass is 317 g/mol. The van der Waals surface area contributed by atoms with E-state index >= 15 is 0 Å². The lowest BCUT2D eigenvalue weighted by Crippen LogP contribution is -2.38.